The first-order valence-corrected chi connectivity index (χ1v) is 8.90. The number of benzene rings is 2. The van der Waals surface area contributed by atoms with Crippen LogP contribution < -0.4 is 10.9 Å². The number of rotatable bonds is 5. The third-order valence-electron chi connectivity index (χ3n) is 4.52. The van der Waals surface area contributed by atoms with E-state index in [1.54, 1.807) is 43.8 Å². The Morgan fingerprint density at radius 2 is 1.79 bits per heavy atom. The zero-order valence-electron chi connectivity index (χ0n) is 16.3. The van der Waals surface area contributed by atoms with E-state index in [2.05, 4.69) is 5.32 Å². The number of hydrogen-bond acceptors (Lipinski definition) is 5. The second-order valence-electron chi connectivity index (χ2n) is 6.58. The summed E-state index contributed by atoms with van der Waals surface area (Å²) in [6.07, 6.45) is 0. The summed E-state index contributed by atoms with van der Waals surface area (Å²) in [5, 5.41) is 12.3. The number of para-hydroxylation sites is 1. The minimum Gasteiger partial charge on any atom is -0.507 e. The van der Waals surface area contributed by atoms with Gasteiger partial charge in [0.2, 0.25) is 0 Å². The molecule has 1 amide bonds. The molecule has 0 fully saturated rings. The second-order valence-corrected chi connectivity index (χ2v) is 6.58. The number of nitrogens with one attached hydrogen (secondary N) is 1. The molecule has 0 unspecified atom stereocenters. The molecule has 1 heterocycles. The van der Waals surface area contributed by atoms with Gasteiger partial charge in [-0.05, 0) is 38.1 Å². The molecule has 8 heteroatoms. The highest BCUT2D eigenvalue weighted by Gasteiger charge is 2.19. The molecule has 0 bridgehead atoms. The van der Waals surface area contributed by atoms with Crippen LogP contribution in [0.3, 0.4) is 0 Å². The van der Waals surface area contributed by atoms with E-state index < -0.39 is 24.0 Å². The van der Waals surface area contributed by atoms with Crippen LogP contribution in [0.2, 0.25) is 0 Å². The van der Waals surface area contributed by atoms with Gasteiger partial charge in [0.25, 0.3) is 11.5 Å². The molecule has 0 saturated carbocycles. The quantitative estimate of drug-likeness (QED) is 0.646. The monoisotopic (exact) mass is 395 g/mol. The lowest BCUT2D eigenvalue weighted by Gasteiger charge is -2.08. The Hall–Kier alpha value is -3.81. The number of amides is 1. The van der Waals surface area contributed by atoms with E-state index in [1.807, 2.05) is 18.2 Å². The Morgan fingerprint density at radius 1 is 1.10 bits per heavy atom. The molecule has 150 valence electrons. The third kappa shape index (κ3) is 4.06. The van der Waals surface area contributed by atoms with Crippen molar-refractivity contribution in [3.8, 4) is 11.4 Å². The number of hydrogen-bond donors (Lipinski definition) is 2. The van der Waals surface area contributed by atoms with Crippen LogP contribution in [0.1, 0.15) is 21.6 Å². The maximum Gasteiger partial charge on any atom is 0.342 e. The topological polar surface area (TPSA) is 103 Å². The Bertz CT molecular complexity index is 1130. The maximum absolute atomic E-state index is 12.8. The minimum absolute atomic E-state index is 0.0277. The van der Waals surface area contributed by atoms with Crippen molar-refractivity contribution in [2.24, 2.45) is 7.05 Å². The second kappa shape index (κ2) is 8.05. The van der Waals surface area contributed by atoms with Crippen LogP contribution in [-0.4, -0.2) is 33.0 Å². The first-order valence-electron chi connectivity index (χ1n) is 8.90. The van der Waals surface area contributed by atoms with Crippen LogP contribution in [0.5, 0.6) is 5.75 Å². The molecular formula is C21H21N3O5. The number of aromatic nitrogens is 2. The van der Waals surface area contributed by atoms with Gasteiger partial charge in [-0.15, -0.1) is 0 Å². The van der Waals surface area contributed by atoms with E-state index in [4.69, 9.17) is 4.74 Å². The first kappa shape index (κ1) is 19.9. The van der Waals surface area contributed by atoms with E-state index in [9.17, 15) is 19.5 Å². The summed E-state index contributed by atoms with van der Waals surface area (Å²) in [6.45, 7) is 2.87. The van der Waals surface area contributed by atoms with Gasteiger partial charge >= 0.3 is 5.97 Å². The van der Waals surface area contributed by atoms with Gasteiger partial charge in [0.1, 0.15) is 17.0 Å². The lowest BCUT2D eigenvalue weighted by atomic mass is 10.1. The zero-order valence-corrected chi connectivity index (χ0v) is 16.3. The van der Waals surface area contributed by atoms with Gasteiger partial charge in [0.05, 0.1) is 11.4 Å². The molecule has 3 aromatic rings. The zero-order chi connectivity index (χ0) is 21.1. The van der Waals surface area contributed by atoms with Crippen molar-refractivity contribution in [1.29, 1.82) is 0 Å². The van der Waals surface area contributed by atoms with E-state index in [0.29, 0.717) is 11.4 Å². The van der Waals surface area contributed by atoms with Crippen LogP contribution in [0.4, 0.5) is 5.69 Å². The summed E-state index contributed by atoms with van der Waals surface area (Å²) in [5.74, 6) is -1.71. The third-order valence-corrected chi connectivity index (χ3v) is 4.52. The van der Waals surface area contributed by atoms with Gasteiger partial charge < -0.3 is 15.2 Å². The SMILES string of the molecule is Cc1ccc(O)c(C(=O)OCC(=O)Nc2c(C)n(C)n(-c3ccccc3)c2=O)c1. The molecule has 3 rings (SSSR count). The predicted octanol–water partition coefficient (Wildman–Crippen LogP) is 2.29. The Labute approximate surface area is 166 Å². The number of aromatic hydroxyl groups is 1. The number of esters is 1. The Morgan fingerprint density at radius 3 is 2.48 bits per heavy atom. The summed E-state index contributed by atoms with van der Waals surface area (Å²) >= 11 is 0. The van der Waals surface area contributed by atoms with Crippen molar-refractivity contribution in [3.63, 3.8) is 0 Å². The number of carbonyl (C=O) groups is 2. The average Bonchev–Trinajstić information content (AvgIpc) is 2.92. The largest absolute Gasteiger partial charge is 0.507 e. The molecule has 1 aromatic heterocycles. The van der Waals surface area contributed by atoms with E-state index in [1.165, 1.54) is 16.8 Å². The van der Waals surface area contributed by atoms with E-state index in [-0.39, 0.29) is 17.0 Å². The van der Waals surface area contributed by atoms with Crippen LogP contribution >= 0.6 is 0 Å². The number of carbonyl (C=O) groups excluding carboxylic acids is 2. The molecule has 0 saturated heterocycles. The van der Waals surface area contributed by atoms with Crippen molar-refractivity contribution in [2.45, 2.75) is 13.8 Å². The number of phenols is 1. The van der Waals surface area contributed by atoms with Gasteiger partial charge in [-0.1, -0.05) is 29.8 Å². The van der Waals surface area contributed by atoms with Gasteiger partial charge in [-0.3, -0.25) is 14.3 Å². The predicted molar refractivity (Wildman–Crippen MR) is 108 cm³/mol. The molecule has 0 aliphatic carbocycles. The first-order chi connectivity index (χ1) is 13.8. The number of anilines is 1. The van der Waals surface area contributed by atoms with Crippen LogP contribution in [-0.2, 0) is 16.6 Å². The Balaban J connectivity index is 1.74. The van der Waals surface area contributed by atoms with Crippen LogP contribution in [0.15, 0.2) is 53.3 Å². The highest BCUT2D eigenvalue weighted by Crippen LogP contribution is 2.19. The molecule has 0 spiro atoms. The molecule has 2 N–H and O–H groups in total. The fourth-order valence-corrected chi connectivity index (χ4v) is 2.91. The maximum atomic E-state index is 12.8. The van der Waals surface area contributed by atoms with E-state index >= 15 is 0 Å². The van der Waals surface area contributed by atoms with Crippen molar-refractivity contribution < 1.29 is 19.4 Å². The van der Waals surface area contributed by atoms with Gasteiger partial charge in [-0.25, -0.2) is 9.48 Å². The lowest BCUT2D eigenvalue weighted by Crippen LogP contribution is -2.25. The van der Waals surface area contributed by atoms with Crippen LogP contribution in [0, 0.1) is 13.8 Å². The highest BCUT2D eigenvalue weighted by molar-refractivity contribution is 5.97. The molecule has 0 radical (unpaired) electrons. The number of aryl methyl sites for hydroxylation is 1. The number of nitrogens with zero attached hydrogens (tertiary/aromatic N) is 2. The number of phenolic OH excluding ortho intramolecular Hbond substituents is 1. The van der Waals surface area contributed by atoms with E-state index in [0.717, 1.165) is 5.56 Å². The normalized spacial score (nSPS) is 10.6. The van der Waals surface area contributed by atoms with Gasteiger partial charge in [-0.2, -0.15) is 0 Å². The summed E-state index contributed by atoms with van der Waals surface area (Å²) < 4.78 is 8.03. The van der Waals surface area contributed by atoms with Crippen molar-refractivity contribution in [1.82, 2.24) is 9.36 Å². The Kier molecular flexibility index (Phi) is 5.54. The molecule has 0 atom stereocenters. The standard InChI is InChI=1S/C21H21N3O5/c1-13-9-10-17(25)16(11-13)21(28)29-12-18(26)22-19-14(2)23(3)24(20(19)27)15-7-5-4-6-8-15/h4-11,25H,12H2,1-3H3,(H,22,26). The van der Waals surface area contributed by atoms with Crippen molar-refractivity contribution in [3.05, 3.63) is 75.7 Å². The molecule has 0 aliphatic heterocycles. The van der Waals surface area contributed by atoms with Crippen LogP contribution in [0.25, 0.3) is 5.69 Å². The van der Waals surface area contributed by atoms with Crippen molar-refractivity contribution in [2.75, 3.05) is 11.9 Å². The molecule has 29 heavy (non-hydrogen) atoms. The minimum atomic E-state index is -0.826. The molecule has 2 aromatic carbocycles. The summed E-state index contributed by atoms with van der Waals surface area (Å²) in [4.78, 5) is 37.1. The van der Waals surface area contributed by atoms with Gasteiger partial charge in [0, 0.05) is 7.05 Å². The fraction of sp³-hybridized carbons (Fsp3) is 0.190. The average molecular weight is 395 g/mol. The molecular weight excluding hydrogens is 374 g/mol. The molecule has 8 nitrogen and oxygen atoms in total. The van der Waals surface area contributed by atoms with Gasteiger partial charge in [0.15, 0.2) is 6.61 Å². The number of ether oxygens (including phenoxy) is 1. The highest BCUT2D eigenvalue weighted by atomic mass is 16.5. The fourth-order valence-electron chi connectivity index (χ4n) is 2.91. The lowest BCUT2D eigenvalue weighted by molar-refractivity contribution is -0.119. The molecule has 0 aliphatic rings. The van der Waals surface area contributed by atoms with Crippen molar-refractivity contribution >= 4 is 17.6 Å². The summed E-state index contributed by atoms with van der Waals surface area (Å²) in [7, 11) is 1.71. The summed E-state index contributed by atoms with van der Waals surface area (Å²) in [6, 6.07) is 13.5. The summed E-state index contributed by atoms with van der Waals surface area (Å²) in [5.41, 5.74) is 1.66. The smallest absolute Gasteiger partial charge is 0.342 e.